The Balaban J connectivity index is 1.78. The van der Waals surface area contributed by atoms with Crippen molar-refractivity contribution in [2.75, 3.05) is 31.1 Å². The average molecular weight is 306 g/mol. The number of aromatic nitrogens is 1. The number of hydrogen-bond donors (Lipinski definition) is 1. The number of anilines is 2. The molecule has 1 N–H and O–H groups in total. The van der Waals surface area contributed by atoms with Crippen LogP contribution in [0.1, 0.15) is 5.56 Å². The molecule has 0 bridgehead atoms. The van der Waals surface area contributed by atoms with Crippen molar-refractivity contribution < 1.29 is 9.47 Å². The van der Waals surface area contributed by atoms with Gasteiger partial charge in [0.25, 0.3) is 0 Å². The normalized spacial score (nSPS) is 12.3. The minimum Gasteiger partial charge on any atom is -0.454 e. The first-order valence-electron chi connectivity index (χ1n) is 6.58. The minimum absolute atomic E-state index is 0.222. The van der Waals surface area contributed by atoms with Crippen LogP contribution in [-0.4, -0.2) is 25.9 Å². The van der Waals surface area contributed by atoms with Crippen molar-refractivity contribution in [2.24, 2.45) is 0 Å². The van der Waals surface area contributed by atoms with Crippen molar-refractivity contribution in [1.29, 1.82) is 0 Å². The van der Waals surface area contributed by atoms with E-state index in [0.717, 1.165) is 16.9 Å². The molecule has 3 rings (SSSR count). The molecule has 110 valence electrons. The zero-order valence-corrected chi connectivity index (χ0v) is 12.6. The third kappa shape index (κ3) is 2.83. The van der Waals surface area contributed by atoms with Crippen LogP contribution >= 0.6 is 11.6 Å². The zero-order chi connectivity index (χ0) is 14.8. The van der Waals surface area contributed by atoms with Crippen LogP contribution in [-0.2, 0) is 6.54 Å². The summed E-state index contributed by atoms with van der Waals surface area (Å²) in [5, 5.41) is 3.94. The maximum Gasteiger partial charge on any atom is 0.231 e. The maximum absolute atomic E-state index is 6.18. The smallest absolute Gasteiger partial charge is 0.231 e. The molecule has 2 heterocycles. The fourth-order valence-corrected chi connectivity index (χ4v) is 2.52. The Morgan fingerprint density at radius 1 is 1.33 bits per heavy atom. The molecule has 1 aromatic heterocycles. The lowest BCUT2D eigenvalue weighted by Crippen LogP contribution is -2.12. The summed E-state index contributed by atoms with van der Waals surface area (Å²) < 4.78 is 10.7. The second-order valence-corrected chi connectivity index (χ2v) is 5.36. The predicted octanol–water partition coefficient (Wildman–Crippen LogP) is 3.14. The number of ether oxygens (including phenoxy) is 2. The van der Waals surface area contributed by atoms with E-state index in [1.807, 2.05) is 43.4 Å². The molecule has 0 spiro atoms. The van der Waals surface area contributed by atoms with Crippen molar-refractivity contribution in [3.05, 3.63) is 41.2 Å². The second kappa shape index (κ2) is 5.69. The van der Waals surface area contributed by atoms with Crippen LogP contribution in [0, 0.1) is 0 Å². The van der Waals surface area contributed by atoms with Crippen LogP contribution in [0.25, 0.3) is 0 Å². The van der Waals surface area contributed by atoms with Crippen LogP contribution in [0.15, 0.2) is 30.6 Å². The summed E-state index contributed by atoms with van der Waals surface area (Å²) >= 11 is 6.18. The van der Waals surface area contributed by atoms with Crippen LogP contribution in [0.2, 0.25) is 5.02 Å². The van der Waals surface area contributed by atoms with Gasteiger partial charge in [-0.1, -0.05) is 11.6 Å². The number of pyridine rings is 1. The maximum atomic E-state index is 6.18. The fourth-order valence-electron chi connectivity index (χ4n) is 2.23. The van der Waals surface area contributed by atoms with Gasteiger partial charge in [-0.2, -0.15) is 0 Å². The molecule has 21 heavy (non-hydrogen) atoms. The van der Waals surface area contributed by atoms with Crippen molar-refractivity contribution in [2.45, 2.75) is 6.54 Å². The summed E-state index contributed by atoms with van der Waals surface area (Å²) in [5.41, 5.74) is 3.07. The molecular weight excluding hydrogens is 290 g/mol. The average Bonchev–Trinajstić information content (AvgIpc) is 2.94. The summed E-state index contributed by atoms with van der Waals surface area (Å²) in [7, 11) is 4.00. The van der Waals surface area contributed by atoms with E-state index in [1.165, 1.54) is 0 Å². The number of hydrogen-bond acceptors (Lipinski definition) is 5. The van der Waals surface area contributed by atoms with Crippen LogP contribution in [0.4, 0.5) is 11.4 Å². The lowest BCUT2D eigenvalue weighted by Gasteiger charge is -2.18. The molecular formula is C15H16ClN3O2. The monoisotopic (exact) mass is 305 g/mol. The van der Waals surface area contributed by atoms with Gasteiger partial charge < -0.3 is 19.7 Å². The molecule has 1 aliphatic rings. The van der Waals surface area contributed by atoms with Crippen molar-refractivity contribution in [1.82, 2.24) is 4.98 Å². The molecule has 0 aliphatic carbocycles. The third-order valence-corrected chi connectivity index (χ3v) is 3.53. The lowest BCUT2D eigenvalue weighted by molar-refractivity contribution is 0.174. The highest BCUT2D eigenvalue weighted by atomic mass is 35.5. The van der Waals surface area contributed by atoms with Gasteiger partial charge in [-0.3, -0.25) is 4.98 Å². The SMILES string of the molecule is CN(C)c1ccncc1NCc1cc(Cl)c2c(c1)OCO2. The first-order chi connectivity index (χ1) is 10.1. The zero-order valence-electron chi connectivity index (χ0n) is 11.9. The first-order valence-corrected chi connectivity index (χ1v) is 6.96. The summed E-state index contributed by atoms with van der Waals surface area (Å²) in [6, 6.07) is 5.79. The number of nitrogens with one attached hydrogen (secondary N) is 1. The summed E-state index contributed by atoms with van der Waals surface area (Å²) in [5.74, 6) is 1.31. The van der Waals surface area contributed by atoms with Gasteiger partial charge in [-0.25, -0.2) is 0 Å². The Labute approximate surface area is 128 Å². The number of fused-ring (bicyclic) bond motifs is 1. The quantitative estimate of drug-likeness (QED) is 0.940. The number of halogens is 1. The standard InChI is InChI=1S/C15H16ClN3O2/c1-19(2)13-3-4-17-8-12(13)18-7-10-5-11(16)15-14(6-10)20-9-21-15/h3-6,8,18H,7,9H2,1-2H3. The fraction of sp³-hybridized carbons (Fsp3) is 0.267. The number of rotatable bonds is 4. The molecule has 6 heteroatoms. The Bertz CT molecular complexity index is 661. The molecule has 5 nitrogen and oxygen atoms in total. The lowest BCUT2D eigenvalue weighted by atomic mass is 10.2. The van der Waals surface area contributed by atoms with Gasteiger partial charge in [0.15, 0.2) is 11.5 Å². The Kier molecular flexibility index (Phi) is 3.75. The molecule has 1 aliphatic heterocycles. The van der Waals surface area contributed by atoms with E-state index in [4.69, 9.17) is 21.1 Å². The highest BCUT2D eigenvalue weighted by molar-refractivity contribution is 6.32. The van der Waals surface area contributed by atoms with E-state index in [0.29, 0.717) is 23.1 Å². The summed E-state index contributed by atoms with van der Waals surface area (Å²) in [6.45, 7) is 0.849. The van der Waals surface area contributed by atoms with Crippen LogP contribution in [0.3, 0.4) is 0 Å². The van der Waals surface area contributed by atoms with Crippen LogP contribution < -0.4 is 19.7 Å². The Morgan fingerprint density at radius 2 is 2.19 bits per heavy atom. The van der Waals surface area contributed by atoms with Gasteiger partial charge in [-0.05, 0) is 23.8 Å². The summed E-state index contributed by atoms with van der Waals surface area (Å²) in [6.07, 6.45) is 3.59. The van der Waals surface area contributed by atoms with E-state index in [1.54, 1.807) is 6.20 Å². The van der Waals surface area contributed by atoms with E-state index in [-0.39, 0.29) is 6.79 Å². The van der Waals surface area contributed by atoms with Gasteiger partial charge >= 0.3 is 0 Å². The van der Waals surface area contributed by atoms with Gasteiger partial charge in [0.1, 0.15) is 0 Å². The van der Waals surface area contributed by atoms with E-state index in [9.17, 15) is 0 Å². The molecule has 1 aromatic carbocycles. The van der Waals surface area contributed by atoms with E-state index in [2.05, 4.69) is 10.3 Å². The van der Waals surface area contributed by atoms with Gasteiger partial charge in [0.05, 0.1) is 22.6 Å². The second-order valence-electron chi connectivity index (χ2n) is 4.95. The molecule has 0 atom stereocenters. The minimum atomic E-state index is 0.222. The number of benzene rings is 1. The van der Waals surface area contributed by atoms with Gasteiger partial charge in [0.2, 0.25) is 6.79 Å². The van der Waals surface area contributed by atoms with E-state index < -0.39 is 0 Å². The van der Waals surface area contributed by atoms with Crippen molar-refractivity contribution in [3.8, 4) is 11.5 Å². The Morgan fingerprint density at radius 3 is 3.00 bits per heavy atom. The van der Waals surface area contributed by atoms with Gasteiger partial charge in [-0.15, -0.1) is 0 Å². The highest BCUT2D eigenvalue weighted by Gasteiger charge is 2.18. The molecule has 0 saturated heterocycles. The summed E-state index contributed by atoms with van der Waals surface area (Å²) in [4.78, 5) is 6.19. The first kappa shape index (κ1) is 13.8. The van der Waals surface area contributed by atoms with Gasteiger partial charge in [0, 0.05) is 26.8 Å². The predicted molar refractivity (Wildman–Crippen MR) is 83.5 cm³/mol. The van der Waals surface area contributed by atoms with Crippen molar-refractivity contribution in [3.63, 3.8) is 0 Å². The van der Waals surface area contributed by atoms with Crippen LogP contribution in [0.5, 0.6) is 11.5 Å². The third-order valence-electron chi connectivity index (χ3n) is 3.25. The molecule has 0 amide bonds. The highest BCUT2D eigenvalue weighted by Crippen LogP contribution is 2.40. The molecule has 0 unspecified atom stereocenters. The van der Waals surface area contributed by atoms with E-state index >= 15 is 0 Å². The topological polar surface area (TPSA) is 46.6 Å². The Hall–Kier alpha value is -2.14. The number of nitrogens with zero attached hydrogens (tertiary/aromatic N) is 2. The molecule has 0 radical (unpaired) electrons. The molecule has 0 fully saturated rings. The molecule has 2 aromatic rings. The molecule has 0 saturated carbocycles. The van der Waals surface area contributed by atoms with Crippen molar-refractivity contribution >= 4 is 23.0 Å². The largest absolute Gasteiger partial charge is 0.454 e.